The van der Waals surface area contributed by atoms with E-state index in [4.69, 9.17) is 23.7 Å². The van der Waals surface area contributed by atoms with E-state index in [9.17, 15) is 14.4 Å². The van der Waals surface area contributed by atoms with Gasteiger partial charge < -0.3 is 23.7 Å². The van der Waals surface area contributed by atoms with E-state index in [1.165, 1.54) is 26.3 Å². The predicted molar refractivity (Wildman–Crippen MR) is 138 cm³/mol. The predicted octanol–water partition coefficient (Wildman–Crippen LogP) is 4.95. The molecule has 1 heterocycles. The van der Waals surface area contributed by atoms with Crippen molar-refractivity contribution in [1.82, 2.24) is 4.98 Å². The zero-order chi connectivity index (χ0) is 27.5. The van der Waals surface area contributed by atoms with Crippen LogP contribution < -0.4 is 14.2 Å². The van der Waals surface area contributed by atoms with Gasteiger partial charge in [0, 0.05) is 25.6 Å². The van der Waals surface area contributed by atoms with Crippen molar-refractivity contribution < 1.29 is 38.1 Å². The molecular weight excluding hydrogens is 490 g/mol. The van der Waals surface area contributed by atoms with E-state index in [-0.39, 0.29) is 23.6 Å². The molecule has 0 fully saturated rings. The third-order valence-corrected chi connectivity index (χ3v) is 5.57. The number of methoxy groups -OCH3 is 1. The fraction of sp³-hybridized carbons (Fsp3) is 0.310. The minimum absolute atomic E-state index is 0.0237. The lowest BCUT2D eigenvalue weighted by molar-refractivity contribution is -0.157. The van der Waals surface area contributed by atoms with E-state index in [1.807, 2.05) is 60.7 Å². The molecule has 0 aliphatic rings. The summed E-state index contributed by atoms with van der Waals surface area (Å²) >= 11 is 0. The monoisotopic (exact) mass is 521 g/mol. The Kier molecular flexibility index (Phi) is 10.2. The first kappa shape index (κ1) is 28.2. The summed E-state index contributed by atoms with van der Waals surface area (Å²) in [5.74, 6) is -1.45. The first-order valence-corrected chi connectivity index (χ1v) is 12.1. The second-order valence-electron chi connectivity index (χ2n) is 8.52. The maximum atomic E-state index is 13.1. The molecule has 9 nitrogen and oxygen atoms in total. The fourth-order valence-electron chi connectivity index (χ4n) is 3.64. The number of nitrogens with zero attached hydrogens (tertiary/aromatic N) is 1. The van der Waals surface area contributed by atoms with Crippen molar-refractivity contribution in [2.24, 2.45) is 5.92 Å². The van der Waals surface area contributed by atoms with Gasteiger partial charge in [0.05, 0.1) is 13.0 Å². The number of carbonyl (C=O) groups excluding carboxylic acids is 3. The van der Waals surface area contributed by atoms with Crippen molar-refractivity contribution >= 4 is 17.7 Å². The second kappa shape index (κ2) is 13.8. The topological polar surface area (TPSA) is 110 Å². The molecule has 3 aromatic rings. The number of benzene rings is 2. The normalized spacial score (nSPS) is 12.9. The lowest BCUT2D eigenvalue weighted by Crippen LogP contribution is -2.30. The molecule has 0 radical (unpaired) electrons. The highest BCUT2D eigenvalue weighted by Gasteiger charge is 2.29. The Labute approximate surface area is 221 Å². The van der Waals surface area contributed by atoms with E-state index < -0.39 is 42.6 Å². The molecule has 0 bridgehead atoms. The molecule has 38 heavy (non-hydrogen) atoms. The molecular formula is C29H31NO8. The molecule has 9 heteroatoms. The molecule has 2 aromatic carbocycles. The molecule has 0 spiro atoms. The summed E-state index contributed by atoms with van der Waals surface area (Å²) in [7, 11) is 1.41. The van der Waals surface area contributed by atoms with Gasteiger partial charge in [0.2, 0.25) is 6.79 Å². The van der Waals surface area contributed by atoms with E-state index in [1.54, 1.807) is 13.8 Å². The van der Waals surface area contributed by atoms with Crippen LogP contribution in [0.3, 0.4) is 0 Å². The van der Waals surface area contributed by atoms with Crippen molar-refractivity contribution in [3.8, 4) is 17.2 Å². The summed E-state index contributed by atoms with van der Waals surface area (Å²) in [6, 6.07) is 20.2. The average Bonchev–Trinajstić information content (AvgIpc) is 2.92. The van der Waals surface area contributed by atoms with Crippen LogP contribution >= 0.6 is 0 Å². The zero-order valence-electron chi connectivity index (χ0n) is 21.8. The van der Waals surface area contributed by atoms with Gasteiger partial charge >= 0.3 is 11.9 Å². The molecule has 0 N–H and O–H groups in total. The third kappa shape index (κ3) is 7.80. The van der Waals surface area contributed by atoms with Crippen molar-refractivity contribution in [2.45, 2.75) is 39.4 Å². The highest BCUT2D eigenvalue weighted by molar-refractivity contribution is 5.99. The molecule has 1 aromatic heterocycles. The molecule has 0 saturated heterocycles. The first-order chi connectivity index (χ1) is 18.3. The number of Topliss-reactive ketones (excluding diaryl/α,β-unsaturated/α-hetero) is 1. The number of ether oxygens (including phenoxy) is 5. The number of esters is 2. The first-order valence-electron chi connectivity index (χ1n) is 12.1. The van der Waals surface area contributed by atoms with Gasteiger partial charge in [-0.25, -0.2) is 4.98 Å². The number of hydrogen-bond acceptors (Lipinski definition) is 9. The van der Waals surface area contributed by atoms with Crippen LogP contribution in [-0.2, 0) is 19.1 Å². The molecule has 200 valence electrons. The van der Waals surface area contributed by atoms with Gasteiger partial charge in [-0.1, -0.05) is 55.5 Å². The van der Waals surface area contributed by atoms with Crippen LogP contribution in [0.4, 0.5) is 0 Å². The van der Waals surface area contributed by atoms with Gasteiger partial charge in [-0.15, -0.1) is 0 Å². The summed E-state index contributed by atoms with van der Waals surface area (Å²) in [6.45, 7) is 4.16. The van der Waals surface area contributed by atoms with Crippen LogP contribution in [0.15, 0.2) is 72.9 Å². The van der Waals surface area contributed by atoms with Crippen LogP contribution in [0.1, 0.15) is 49.3 Å². The van der Waals surface area contributed by atoms with Gasteiger partial charge in [0.1, 0.15) is 11.9 Å². The summed E-state index contributed by atoms with van der Waals surface area (Å²) < 4.78 is 27.4. The molecule has 0 amide bonds. The molecule has 3 atom stereocenters. The fourth-order valence-corrected chi connectivity index (χ4v) is 3.64. The Morgan fingerprint density at radius 1 is 0.921 bits per heavy atom. The van der Waals surface area contributed by atoms with Crippen LogP contribution in [-0.4, -0.2) is 42.7 Å². The Morgan fingerprint density at radius 2 is 1.58 bits per heavy atom. The summed E-state index contributed by atoms with van der Waals surface area (Å²) in [5.41, 5.74) is 0.800. The molecule has 0 aliphatic carbocycles. The van der Waals surface area contributed by atoms with Crippen LogP contribution in [0.5, 0.6) is 17.2 Å². The maximum Gasteiger partial charge on any atom is 0.309 e. The number of hydrogen-bond donors (Lipinski definition) is 0. The van der Waals surface area contributed by atoms with Gasteiger partial charge in [0.25, 0.3) is 0 Å². The molecule has 3 rings (SSSR count). The SMILES string of the molecule is COc1ccnc(C(=O)C[C@@H](C)C(=O)O[C@H](C)[C@@H](Oc2ccccc2)c2ccccc2)c1OCOC(C)=O. The van der Waals surface area contributed by atoms with Crippen LogP contribution in [0.25, 0.3) is 0 Å². The van der Waals surface area contributed by atoms with E-state index in [0.717, 1.165) is 5.56 Å². The summed E-state index contributed by atoms with van der Waals surface area (Å²) in [4.78, 5) is 41.3. The van der Waals surface area contributed by atoms with E-state index >= 15 is 0 Å². The van der Waals surface area contributed by atoms with E-state index in [0.29, 0.717) is 5.75 Å². The van der Waals surface area contributed by atoms with Gasteiger partial charge in [0.15, 0.2) is 29.1 Å². The van der Waals surface area contributed by atoms with Gasteiger partial charge in [-0.05, 0) is 24.6 Å². The van der Waals surface area contributed by atoms with Crippen molar-refractivity contribution in [3.63, 3.8) is 0 Å². The summed E-state index contributed by atoms with van der Waals surface area (Å²) in [5, 5.41) is 0. The zero-order valence-corrected chi connectivity index (χ0v) is 21.8. The number of pyridine rings is 1. The number of rotatable bonds is 13. The number of ketones is 1. The second-order valence-corrected chi connectivity index (χ2v) is 8.52. The van der Waals surface area contributed by atoms with E-state index in [2.05, 4.69) is 4.98 Å². The highest BCUT2D eigenvalue weighted by atomic mass is 16.7. The number of para-hydroxylation sites is 1. The number of aromatic nitrogens is 1. The number of carbonyl (C=O) groups is 3. The average molecular weight is 522 g/mol. The van der Waals surface area contributed by atoms with Crippen molar-refractivity contribution in [3.05, 3.63) is 84.2 Å². The van der Waals surface area contributed by atoms with Crippen LogP contribution in [0, 0.1) is 5.92 Å². The van der Waals surface area contributed by atoms with Gasteiger partial charge in [-0.2, -0.15) is 0 Å². The smallest absolute Gasteiger partial charge is 0.309 e. The quantitative estimate of drug-likeness (QED) is 0.175. The lowest BCUT2D eigenvalue weighted by atomic mass is 10.0. The molecule has 0 saturated carbocycles. The van der Waals surface area contributed by atoms with Gasteiger partial charge in [-0.3, -0.25) is 14.4 Å². The van der Waals surface area contributed by atoms with Crippen LogP contribution in [0.2, 0.25) is 0 Å². The third-order valence-electron chi connectivity index (χ3n) is 5.57. The standard InChI is InChI=1S/C29H31NO8/c1-19(17-24(32)26-28(36-18-35-21(3)31)25(34-4)15-16-30-26)29(33)37-20(2)27(22-11-7-5-8-12-22)38-23-13-9-6-10-14-23/h5-16,19-20,27H,17-18H2,1-4H3/t19-,20-,27-/m1/s1. The van der Waals surface area contributed by atoms with Crippen molar-refractivity contribution in [2.75, 3.05) is 13.9 Å². The Hall–Kier alpha value is -4.40. The minimum atomic E-state index is -0.785. The Bertz CT molecular complexity index is 1220. The maximum absolute atomic E-state index is 13.1. The Balaban J connectivity index is 1.70. The summed E-state index contributed by atoms with van der Waals surface area (Å²) in [6.07, 6.45) is -0.0150. The minimum Gasteiger partial charge on any atom is -0.493 e. The highest BCUT2D eigenvalue weighted by Crippen LogP contribution is 2.32. The largest absolute Gasteiger partial charge is 0.493 e. The Morgan fingerprint density at radius 3 is 2.21 bits per heavy atom. The lowest BCUT2D eigenvalue weighted by Gasteiger charge is -2.26. The van der Waals surface area contributed by atoms with Crippen molar-refractivity contribution in [1.29, 1.82) is 0 Å². The molecule has 0 aliphatic heterocycles. The molecule has 0 unspecified atom stereocenters.